The summed E-state index contributed by atoms with van der Waals surface area (Å²) in [7, 11) is 1.65. The summed E-state index contributed by atoms with van der Waals surface area (Å²) in [4.78, 5) is 0. The molecule has 0 saturated heterocycles. The predicted octanol–water partition coefficient (Wildman–Crippen LogP) is 4.61. The largest absolute Gasteiger partial charge is 0.493 e. The van der Waals surface area contributed by atoms with Gasteiger partial charge in [0.25, 0.3) is 0 Å². The first-order valence-electron chi connectivity index (χ1n) is 8.71. The van der Waals surface area contributed by atoms with Crippen molar-refractivity contribution in [3.05, 3.63) is 65.9 Å². The second-order valence-corrected chi connectivity index (χ2v) is 6.24. The number of ether oxygens (including phenoxy) is 1. The Hall–Kier alpha value is -2.30. The zero-order chi connectivity index (χ0) is 17.6. The summed E-state index contributed by atoms with van der Waals surface area (Å²) < 4.78 is 11.4. The molecule has 0 bridgehead atoms. The van der Waals surface area contributed by atoms with Gasteiger partial charge < -0.3 is 19.6 Å². The molecule has 2 N–H and O–H groups in total. The van der Waals surface area contributed by atoms with Gasteiger partial charge in [0.2, 0.25) is 0 Å². The minimum Gasteiger partial charge on any atom is -0.493 e. The molecule has 3 aromatic rings. The van der Waals surface area contributed by atoms with Gasteiger partial charge in [-0.15, -0.1) is 0 Å². The summed E-state index contributed by atoms with van der Waals surface area (Å²) in [5, 5.41) is 13.9. The molecule has 1 aromatic heterocycles. The lowest BCUT2D eigenvalue weighted by Gasteiger charge is -2.22. The first kappa shape index (κ1) is 17.5. The maximum Gasteiger partial charge on any atom is 0.176 e. The first-order valence-corrected chi connectivity index (χ1v) is 8.71. The molecule has 1 heterocycles. The van der Waals surface area contributed by atoms with Crippen molar-refractivity contribution in [3.8, 4) is 5.75 Å². The van der Waals surface area contributed by atoms with E-state index >= 15 is 0 Å². The van der Waals surface area contributed by atoms with Gasteiger partial charge in [-0.2, -0.15) is 0 Å². The number of rotatable bonds is 8. The second-order valence-electron chi connectivity index (χ2n) is 6.24. The highest BCUT2D eigenvalue weighted by Crippen LogP contribution is 2.32. The quantitative estimate of drug-likeness (QED) is 0.629. The SMILES string of the molecule is COc1cccc2cc(C(C)NC(CCCO)c3ccccc3)oc12. The van der Waals surface area contributed by atoms with Crippen LogP contribution in [0.3, 0.4) is 0 Å². The van der Waals surface area contributed by atoms with Gasteiger partial charge >= 0.3 is 0 Å². The Kier molecular flexibility index (Phi) is 5.74. The van der Waals surface area contributed by atoms with Gasteiger partial charge in [0.1, 0.15) is 5.76 Å². The molecule has 132 valence electrons. The summed E-state index contributed by atoms with van der Waals surface area (Å²) in [6, 6.07) is 18.5. The Morgan fingerprint density at radius 3 is 2.64 bits per heavy atom. The molecule has 0 saturated carbocycles. The fourth-order valence-corrected chi connectivity index (χ4v) is 3.14. The summed E-state index contributed by atoms with van der Waals surface area (Å²) >= 11 is 0. The Morgan fingerprint density at radius 2 is 1.92 bits per heavy atom. The van der Waals surface area contributed by atoms with Crippen LogP contribution in [0, 0.1) is 0 Å². The van der Waals surface area contributed by atoms with Gasteiger partial charge in [-0.05, 0) is 37.5 Å². The molecule has 0 aliphatic carbocycles. The zero-order valence-electron chi connectivity index (χ0n) is 14.7. The van der Waals surface area contributed by atoms with E-state index in [2.05, 4.69) is 30.4 Å². The lowest BCUT2D eigenvalue weighted by atomic mass is 10.0. The van der Waals surface area contributed by atoms with E-state index in [1.807, 2.05) is 36.4 Å². The molecule has 3 rings (SSSR count). The molecule has 4 heteroatoms. The highest BCUT2D eigenvalue weighted by atomic mass is 16.5. The number of hydrogen-bond acceptors (Lipinski definition) is 4. The lowest BCUT2D eigenvalue weighted by Crippen LogP contribution is -2.24. The number of para-hydroxylation sites is 1. The van der Waals surface area contributed by atoms with Crippen molar-refractivity contribution in [2.45, 2.75) is 31.8 Å². The predicted molar refractivity (Wildman–Crippen MR) is 99.8 cm³/mol. The zero-order valence-corrected chi connectivity index (χ0v) is 14.7. The highest BCUT2D eigenvalue weighted by molar-refractivity contribution is 5.83. The minimum absolute atomic E-state index is 0.0426. The standard InChI is InChI=1S/C21H25NO3/c1-15(20-14-17-10-6-12-19(24-2)21(17)25-20)22-18(11-7-13-23)16-8-4-3-5-9-16/h3-6,8-10,12,14-15,18,22-23H,7,11,13H2,1-2H3. The molecule has 0 spiro atoms. The van der Waals surface area contributed by atoms with Crippen molar-refractivity contribution >= 4 is 11.0 Å². The summed E-state index contributed by atoms with van der Waals surface area (Å²) in [5.74, 6) is 1.63. The van der Waals surface area contributed by atoms with Crippen LogP contribution < -0.4 is 10.1 Å². The lowest BCUT2D eigenvalue weighted by molar-refractivity contribution is 0.270. The Bertz CT molecular complexity index is 797. The minimum atomic E-state index is 0.0426. The maximum absolute atomic E-state index is 9.21. The third-order valence-corrected chi connectivity index (χ3v) is 4.48. The van der Waals surface area contributed by atoms with Crippen LogP contribution in [0.4, 0.5) is 0 Å². The average Bonchev–Trinajstić information content (AvgIpc) is 3.10. The van der Waals surface area contributed by atoms with E-state index in [0.717, 1.165) is 35.3 Å². The molecule has 2 unspecified atom stereocenters. The van der Waals surface area contributed by atoms with Crippen molar-refractivity contribution in [1.29, 1.82) is 0 Å². The van der Waals surface area contributed by atoms with E-state index in [-0.39, 0.29) is 18.7 Å². The van der Waals surface area contributed by atoms with Crippen molar-refractivity contribution < 1.29 is 14.3 Å². The molecule has 25 heavy (non-hydrogen) atoms. The van der Waals surface area contributed by atoms with Crippen molar-refractivity contribution in [1.82, 2.24) is 5.32 Å². The molecule has 0 fully saturated rings. The van der Waals surface area contributed by atoms with Crippen LogP contribution in [-0.2, 0) is 0 Å². The molecule has 0 amide bonds. The van der Waals surface area contributed by atoms with Crippen LogP contribution in [-0.4, -0.2) is 18.8 Å². The smallest absolute Gasteiger partial charge is 0.176 e. The van der Waals surface area contributed by atoms with Crippen molar-refractivity contribution in [2.75, 3.05) is 13.7 Å². The monoisotopic (exact) mass is 339 g/mol. The third-order valence-electron chi connectivity index (χ3n) is 4.48. The number of hydrogen-bond donors (Lipinski definition) is 2. The van der Waals surface area contributed by atoms with E-state index in [9.17, 15) is 5.11 Å². The van der Waals surface area contributed by atoms with Crippen molar-refractivity contribution in [3.63, 3.8) is 0 Å². The summed E-state index contributed by atoms with van der Waals surface area (Å²) in [6.45, 7) is 2.29. The molecule has 0 aliphatic rings. The number of fused-ring (bicyclic) bond motifs is 1. The van der Waals surface area contributed by atoms with Gasteiger partial charge in [-0.3, -0.25) is 0 Å². The molecular formula is C21H25NO3. The van der Waals surface area contributed by atoms with Crippen LogP contribution in [0.2, 0.25) is 0 Å². The molecule has 0 aliphatic heterocycles. The molecule has 0 radical (unpaired) electrons. The number of methoxy groups -OCH3 is 1. The topological polar surface area (TPSA) is 54.6 Å². The van der Waals surface area contributed by atoms with E-state index in [0.29, 0.717) is 0 Å². The van der Waals surface area contributed by atoms with E-state index in [1.54, 1.807) is 7.11 Å². The molecule has 2 atom stereocenters. The Balaban J connectivity index is 1.82. The van der Waals surface area contributed by atoms with Crippen LogP contribution in [0.25, 0.3) is 11.0 Å². The molecule has 4 nitrogen and oxygen atoms in total. The van der Waals surface area contributed by atoms with E-state index in [1.165, 1.54) is 5.56 Å². The van der Waals surface area contributed by atoms with Crippen molar-refractivity contribution in [2.24, 2.45) is 0 Å². The van der Waals surface area contributed by atoms with Gasteiger partial charge in [-0.25, -0.2) is 0 Å². The van der Waals surface area contributed by atoms with E-state index in [4.69, 9.17) is 9.15 Å². The van der Waals surface area contributed by atoms with Gasteiger partial charge in [0.05, 0.1) is 13.2 Å². The third kappa shape index (κ3) is 4.03. The Morgan fingerprint density at radius 1 is 1.12 bits per heavy atom. The fourth-order valence-electron chi connectivity index (χ4n) is 3.14. The van der Waals surface area contributed by atoms with E-state index < -0.39 is 0 Å². The Labute approximate surface area is 148 Å². The average molecular weight is 339 g/mol. The first-order chi connectivity index (χ1) is 12.2. The molecular weight excluding hydrogens is 314 g/mol. The summed E-state index contributed by atoms with van der Waals surface area (Å²) in [6.07, 6.45) is 1.63. The highest BCUT2D eigenvalue weighted by Gasteiger charge is 2.19. The van der Waals surface area contributed by atoms with Crippen LogP contribution in [0.1, 0.15) is 43.2 Å². The van der Waals surface area contributed by atoms with Gasteiger partial charge in [0, 0.05) is 18.0 Å². The summed E-state index contributed by atoms with van der Waals surface area (Å²) in [5.41, 5.74) is 2.00. The number of aliphatic hydroxyl groups excluding tert-OH is 1. The van der Waals surface area contributed by atoms with Crippen LogP contribution in [0.5, 0.6) is 5.75 Å². The number of furan rings is 1. The fraction of sp³-hybridized carbons (Fsp3) is 0.333. The maximum atomic E-state index is 9.21. The van der Waals surface area contributed by atoms with Crippen LogP contribution >= 0.6 is 0 Å². The number of nitrogens with one attached hydrogen (secondary N) is 1. The number of aliphatic hydroxyl groups is 1. The van der Waals surface area contributed by atoms with Gasteiger partial charge in [0.15, 0.2) is 11.3 Å². The molecule has 2 aromatic carbocycles. The van der Waals surface area contributed by atoms with Crippen LogP contribution in [0.15, 0.2) is 59.0 Å². The second kappa shape index (κ2) is 8.19. The van der Waals surface area contributed by atoms with Gasteiger partial charge in [-0.1, -0.05) is 42.5 Å². The number of benzene rings is 2. The normalized spacial score (nSPS) is 13.7.